The zero-order chi connectivity index (χ0) is 17.2. The van der Waals surface area contributed by atoms with Gasteiger partial charge >= 0.3 is 0 Å². The first-order valence-corrected chi connectivity index (χ1v) is 8.45. The number of aliphatic hydroxyl groups excluding tert-OH is 1. The molecule has 124 valence electrons. The first kappa shape index (κ1) is 17.8. The summed E-state index contributed by atoms with van der Waals surface area (Å²) in [6.45, 7) is -0.646. The lowest BCUT2D eigenvalue weighted by Crippen LogP contribution is -2.19. The summed E-state index contributed by atoms with van der Waals surface area (Å²) in [4.78, 5) is -0.233. The molecular formula is C15H12ClF3O3S. The minimum absolute atomic E-state index is 0.233. The number of benzene rings is 2. The second-order valence-corrected chi connectivity index (χ2v) is 7.32. The largest absolute Gasteiger partial charge is 0.396 e. The first-order chi connectivity index (χ1) is 10.8. The van der Waals surface area contributed by atoms with Crippen LogP contribution in [0.1, 0.15) is 17.2 Å². The van der Waals surface area contributed by atoms with Crippen molar-refractivity contribution in [3.8, 4) is 0 Å². The van der Waals surface area contributed by atoms with E-state index in [1.807, 2.05) is 0 Å². The van der Waals surface area contributed by atoms with Crippen molar-refractivity contribution in [1.29, 1.82) is 0 Å². The molecule has 0 radical (unpaired) electrons. The van der Waals surface area contributed by atoms with Crippen molar-refractivity contribution >= 4 is 21.4 Å². The van der Waals surface area contributed by atoms with Gasteiger partial charge in [-0.2, -0.15) is 0 Å². The van der Waals surface area contributed by atoms with Gasteiger partial charge in [0.15, 0.2) is 21.5 Å². The molecule has 1 unspecified atom stereocenters. The van der Waals surface area contributed by atoms with E-state index in [-0.39, 0.29) is 9.92 Å². The summed E-state index contributed by atoms with van der Waals surface area (Å²) in [6, 6.07) is 6.19. The minimum atomic E-state index is -4.26. The number of hydrogen-bond acceptors (Lipinski definition) is 3. The second kappa shape index (κ2) is 6.90. The van der Waals surface area contributed by atoms with Crippen molar-refractivity contribution in [2.45, 2.75) is 16.6 Å². The van der Waals surface area contributed by atoms with Crippen LogP contribution in [-0.4, -0.2) is 20.1 Å². The standard InChI is InChI=1S/C15H12ClF3O3S/c16-9-1-3-10(4-2-9)23(21,22)13(7-8-20)14-11(17)5-6-12(18)15(14)19/h1-6,13,20H,7-8H2. The van der Waals surface area contributed by atoms with Gasteiger partial charge in [-0.05, 0) is 42.8 Å². The van der Waals surface area contributed by atoms with E-state index in [4.69, 9.17) is 16.7 Å². The lowest BCUT2D eigenvalue weighted by atomic mass is 10.1. The van der Waals surface area contributed by atoms with Crippen LogP contribution in [0, 0.1) is 17.5 Å². The Labute approximate surface area is 136 Å². The van der Waals surface area contributed by atoms with Gasteiger partial charge in [-0.3, -0.25) is 0 Å². The third-order valence-corrected chi connectivity index (χ3v) is 5.71. The maximum absolute atomic E-state index is 14.0. The Morgan fingerprint density at radius 1 is 1.00 bits per heavy atom. The summed E-state index contributed by atoms with van der Waals surface area (Å²) < 4.78 is 66.6. The molecule has 0 aliphatic heterocycles. The molecule has 0 aliphatic rings. The predicted octanol–water partition coefficient (Wildman–Crippen LogP) is 3.65. The lowest BCUT2D eigenvalue weighted by molar-refractivity contribution is 0.283. The topological polar surface area (TPSA) is 54.4 Å². The Kier molecular flexibility index (Phi) is 5.33. The van der Waals surface area contributed by atoms with Gasteiger partial charge in [0.25, 0.3) is 0 Å². The van der Waals surface area contributed by atoms with Crippen molar-refractivity contribution in [2.75, 3.05) is 6.61 Å². The number of sulfone groups is 1. The monoisotopic (exact) mass is 364 g/mol. The smallest absolute Gasteiger partial charge is 0.185 e. The second-order valence-electron chi connectivity index (χ2n) is 4.76. The summed E-state index contributed by atoms with van der Waals surface area (Å²) in [7, 11) is -4.26. The molecule has 0 fully saturated rings. The van der Waals surface area contributed by atoms with E-state index in [2.05, 4.69) is 0 Å². The molecule has 1 N–H and O–H groups in total. The van der Waals surface area contributed by atoms with Gasteiger partial charge in [-0.15, -0.1) is 0 Å². The van der Waals surface area contributed by atoms with Crippen molar-refractivity contribution in [3.63, 3.8) is 0 Å². The fourth-order valence-electron chi connectivity index (χ4n) is 2.20. The van der Waals surface area contributed by atoms with E-state index in [1.165, 1.54) is 24.3 Å². The van der Waals surface area contributed by atoms with Crippen LogP contribution in [-0.2, 0) is 9.84 Å². The average Bonchev–Trinajstić information content (AvgIpc) is 2.51. The highest BCUT2D eigenvalue weighted by Gasteiger charge is 2.34. The Bertz CT molecular complexity index is 807. The van der Waals surface area contributed by atoms with Crippen molar-refractivity contribution in [1.82, 2.24) is 0 Å². The molecule has 23 heavy (non-hydrogen) atoms. The molecule has 0 saturated carbocycles. The molecule has 2 aromatic rings. The highest BCUT2D eigenvalue weighted by atomic mass is 35.5. The van der Waals surface area contributed by atoms with Gasteiger partial charge in [0.2, 0.25) is 0 Å². The van der Waals surface area contributed by atoms with Crippen LogP contribution in [0.15, 0.2) is 41.3 Å². The maximum Gasteiger partial charge on any atom is 0.185 e. The SMILES string of the molecule is O=S(=O)(c1ccc(Cl)cc1)C(CCO)c1c(F)ccc(F)c1F. The molecule has 8 heteroatoms. The van der Waals surface area contributed by atoms with Crippen LogP contribution in [0.2, 0.25) is 5.02 Å². The zero-order valence-electron chi connectivity index (χ0n) is 11.6. The molecule has 0 amide bonds. The number of halogens is 4. The van der Waals surface area contributed by atoms with E-state index in [9.17, 15) is 21.6 Å². The van der Waals surface area contributed by atoms with Gasteiger partial charge in [0, 0.05) is 17.2 Å². The van der Waals surface area contributed by atoms with E-state index in [0.717, 1.165) is 0 Å². The molecule has 2 aromatic carbocycles. The van der Waals surface area contributed by atoms with Gasteiger partial charge < -0.3 is 5.11 Å². The predicted molar refractivity (Wildman–Crippen MR) is 79.4 cm³/mol. The fourth-order valence-corrected chi connectivity index (χ4v) is 4.11. The van der Waals surface area contributed by atoms with Gasteiger partial charge in [0.05, 0.1) is 10.1 Å². The summed E-state index contributed by atoms with van der Waals surface area (Å²) in [5.74, 6) is -4.14. The lowest BCUT2D eigenvalue weighted by Gasteiger charge is -2.19. The number of hydrogen-bond donors (Lipinski definition) is 1. The number of rotatable bonds is 5. The highest BCUT2D eigenvalue weighted by Crippen LogP contribution is 2.35. The van der Waals surface area contributed by atoms with Crippen LogP contribution in [0.5, 0.6) is 0 Å². The molecule has 0 saturated heterocycles. The summed E-state index contributed by atoms with van der Waals surface area (Å²) >= 11 is 5.69. The van der Waals surface area contributed by atoms with Crippen LogP contribution < -0.4 is 0 Å². The van der Waals surface area contributed by atoms with Crippen molar-refractivity contribution in [3.05, 3.63) is 64.4 Å². The highest BCUT2D eigenvalue weighted by molar-refractivity contribution is 7.91. The Morgan fingerprint density at radius 3 is 2.13 bits per heavy atom. The van der Waals surface area contributed by atoms with E-state index < -0.39 is 51.1 Å². The van der Waals surface area contributed by atoms with Gasteiger partial charge in [-0.1, -0.05) is 11.6 Å². The molecule has 0 bridgehead atoms. The Morgan fingerprint density at radius 2 is 1.57 bits per heavy atom. The Hall–Kier alpha value is -1.57. The number of aliphatic hydroxyl groups is 1. The average molecular weight is 365 g/mol. The molecule has 0 spiro atoms. The molecular weight excluding hydrogens is 353 g/mol. The summed E-state index contributed by atoms with van der Waals surface area (Å²) in [5.41, 5.74) is -0.922. The molecule has 0 aliphatic carbocycles. The summed E-state index contributed by atoms with van der Waals surface area (Å²) in [5, 5.41) is 7.60. The normalized spacial score (nSPS) is 13.1. The van der Waals surface area contributed by atoms with Crippen molar-refractivity contribution in [2.24, 2.45) is 0 Å². The summed E-state index contributed by atoms with van der Waals surface area (Å²) in [6.07, 6.45) is -0.484. The van der Waals surface area contributed by atoms with Crippen LogP contribution >= 0.6 is 11.6 Å². The molecule has 1 atom stereocenters. The third kappa shape index (κ3) is 3.52. The molecule has 2 rings (SSSR count). The Balaban J connectivity index is 2.63. The van der Waals surface area contributed by atoms with Crippen LogP contribution in [0.25, 0.3) is 0 Å². The maximum atomic E-state index is 14.0. The zero-order valence-corrected chi connectivity index (χ0v) is 13.2. The van der Waals surface area contributed by atoms with Crippen molar-refractivity contribution < 1.29 is 26.7 Å². The van der Waals surface area contributed by atoms with E-state index in [0.29, 0.717) is 12.1 Å². The van der Waals surface area contributed by atoms with E-state index in [1.54, 1.807) is 0 Å². The van der Waals surface area contributed by atoms with Crippen LogP contribution in [0.4, 0.5) is 13.2 Å². The van der Waals surface area contributed by atoms with Gasteiger partial charge in [-0.25, -0.2) is 21.6 Å². The third-order valence-electron chi connectivity index (χ3n) is 3.31. The van der Waals surface area contributed by atoms with E-state index >= 15 is 0 Å². The van der Waals surface area contributed by atoms with Gasteiger partial charge in [0.1, 0.15) is 5.82 Å². The molecule has 0 heterocycles. The first-order valence-electron chi connectivity index (χ1n) is 6.52. The van der Waals surface area contributed by atoms with Crippen LogP contribution in [0.3, 0.4) is 0 Å². The minimum Gasteiger partial charge on any atom is -0.396 e. The molecule has 0 aromatic heterocycles. The fraction of sp³-hybridized carbons (Fsp3) is 0.200. The molecule has 3 nitrogen and oxygen atoms in total. The quantitative estimate of drug-likeness (QED) is 0.824.